The van der Waals surface area contributed by atoms with Gasteiger partial charge in [-0.25, -0.2) is 4.79 Å². The van der Waals surface area contributed by atoms with E-state index in [-0.39, 0.29) is 24.9 Å². The van der Waals surface area contributed by atoms with Crippen molar-refractivity contribution in [2.75, 3.05) is 6.54 Å². The topological polar surface area (TPSA) is 69.6 Å². The number of halogens is 1. The third-order valence-corrected chi connectivity index (χ3v) is 7.39. The molecule has 1 heterocycles. The summed E-state index contributed by atoms with van der Waals surface area (Å²) in [5, 5.41) is 12.8. The lowest BCUT2D eigenvalue weighted by atomic mass is 9.61. The molecule has 1 atom stereocenters. The molecule has 0 spiro atoms. The summed E-state index contributed by atoms with van der Waals surface area (Å²) < 4.78 is 0. The Morgan fingerprint density at radius 3 is 2.48 bits per heavy atom. The maximum Gasteiger partial charge on any atom is 0.322 e. The first kappa shape index (κ1) is 23.6. The minimum atomic E-state index is -0.923. The first-order chi connectivity index (χ1) is 14.3. The van der Waals surface area contributed by atoms with Crippen molar-refractivity contribution in [1.82, 2.24) is 10.2 Å². The van der Waals surface area contributed by atoms with Crippen LogP contribution in [0.4, 0.5) is 4.79 Å². The molecule has 0 unspecified atom stereocenters. The van der Waals surface area contributed by atoms with Crippen molar-refractivity contribution in [1.29, 1.82) is 0 Å². The zero-order chi connectivity index (χ0) is 23.1. The van der Waals surface area contributed by atoms with Crippen LogP contribution in [0.1, 0.15) is 77.8 Å². The Labute approximate surface area is 190 Å². The number of nitrogens with one attached hydrogen (secondary N) is 1. The number of carbonyl (C=O) groups is 2. The molecule has 6 heteroatoms. The fourth-order valence-corrected chi connectivity index (χ4v) is 5.14. The van der Waals surface area contributed by atoms with Crippen LogP contribution in [0.25, 0.3) is 0 Å². The fraction of sp³-hybridized carbons (Fsp3) is 0.600. The Balaban J connectivity index is 1.87. The minimum absolute atomic E-state index is 0.0938. The van der Waals surface area contributed by atoms with Crippen LogP contribution in [-0.2, 0) is 10.3 Å². The summed E-state index contributed by atoms with van der Waals surface area (Å²) in [6.07, 6.45) is 4.04. The smallest absolute Gasteiger partial charge is 0.322 e. The van der Waals surface area contributed by atoms with Gasteiger partial charge < -0.3 is 15.3 Å². The standard InChI is InChI=1S/C25H35ClN2O3/c1-15(2)20-14-28(10-9-22(29)30)23(31)27-25(20,6)17-7-8-19(21(26)13-17)16-11-18(12-16)24(3,4)5/h7-8,13-16,18H,9-12H2,1-6H3,(H,27,31)(H,29,30)/t16-,18+,25-/m0/s1. The second kappa shape index (κ2) is 8.50. The van der Waals surface area contributed by atoms with Gasteiger partial charge in [-0.2, -0.15) is 0 Å². The van der Waals surface area contributed by atoms with Gasteiger partial charge in [0.25, 0.3) is 0 Å². The molecule has 0 aromatic heterocycles. The lowest BCUT2D eigenvalue weighted by Gasteiger charge is -2.45. The Bertz CT molecular complexity index is 897. The molecule has 0 radical (unpaired) electrons. The van der Waals surface area contributed by atoms with E-state index in [0.29, 0.717) is 11.3 Å². The SMILES string of the molecule is CC(C)C1=CN(CCC(=O)O)C(=O)N[C@@]1(C)c1ccc([C@H]2C[C@@H](C(C)(C)C)C2)c(Cl)c1. The van der Waals surface area contributed by atoms with Gasteiger partial charge in [-0.3, -0.25) is 4.79 Å². The summed E-state index contributed by atoms with van der Waals surface area (Å²) in [5.41, 5.74) is 2.79. The molecule has 1 fully saturated rings. The maximum absolute atomic E-state index is 12.8. The van der Waals surface area contributed by atoms with Crippen molar-refractivity contribution in [3.05, 3.63) is 46.1 Å². The predicted molar refractivity (Wildman–Crippen MR) is 124 cm³/mol. The molecule has 2 N–H and O–H groups in total. The summed E-state index contributed by atoms with van der Waals surface area (Å²) in [5.74, 6) is 0.449. The highest BCUT2D eigenvalue weighted by molar-refractivity contribution is 6.31. The number of benzene rings is 1. The molecule has 0 saturated heterocycles. The molecule has 1 aliphatic carbocycles. The molecule has 5 nitrogen and oxygen atoms in total. The number of carboxylic acid groups (broad SMARTS) is 1. The molecular weight excluding hydrogens is 412 g/mol. The molecule has 2 aliphatic rings. The lowest BCUT2D eigenvalue weighted by Crippen LogP contribution is -2.55. The second-order valence-electron chi connectivity index (χ2n) is 10.6. The van der Waals surface area contributed by atoms with Crippen LogP contribution < -0.4 is 5.32 Å². The molecule has 31 heavy (non-hydrogen) atoms. The van der Waals surface area contributed by atoms with Gasteiger partial charge in [0.2, 0.25) is 0 Å². The van der Waals surface area contributed by atoms with E-state index in [9.17, 15) is 9.59 Å². The Hall–Kier alpha value is -2.01. The third-order valence-electron chi connectivity index (χ3n) is 7.06. The highest BCUT2D eigenvalue weighted by atomic mass is 35.5. The summed E-state index contributed by atoms with van der Waals surface area (Å²) in [6.45, 7) is 13.2. The average Bonchev–Trinajstić information content (AvgIpc) is 2.59. The minimum Gasteiger partial charge on any atom is -0.481 e. The van der Waals surface area contributed by atoms with Crippen LogP contribution in [0, 0.1) is 17.3 Å². The number of nitrogens with zero attached hydrogens (tertiary/aromatic N) is 1. The van der Waals surface area contributed by atoms with Gasteiger partial charge in [-0.1, -0.05) is 58.4 Å². The predicted octanol–water partition coefficient (Wildman–Crippen LogP) is 6.13. The fourth-order valence-electron chi connectivity index (χ4n) is 4.81. The number of hydrogen-bond donors (Lipinski definition) is 2. The number of amides is 2. The molecule has 1 aromatic rings. The zero-order valence-electron chi connectivity index (χ0n) is 19.5. The summed E-state index contributed by atoms with van der Waals surface area (Å²) in [7, 11) is 0. The quantitative estimate of drug-likeness (QED) is 0.551. The van der Waals surface area contributed by atoms with Crippen LogP contribution in [0.2, 0.25) is 5.02 Å². The average molecular weight is 447 g/mol. The van der Waals surface area contributed by atoms with Crippen LogP contribution in [0.15, 0.2) is 30.0 Å². The summed E-state index contributed by atoms with van der Waals surface area (Å²) in [4.78, 5) is 25.2. The number of rotatable bonds is 6. The van der Waals surface area contributed by atoms with Gasteiger partial charge in [0.05, 0.1) is 12.0 Å². The monoisotopic (exact) mass is 446 g/mol. The van der Waals surface area contributed by atoms with Gasteiger partial charge in [0.15, 0.2) is 0 Å². The molecule has 0 bridgehead atoms. The van der Waals surface area contributed by atoms with E-state index in [0.717, 1.165) is 34.9 Å². The first-order valence-corrected chi connectivity index (χ1v) is 11.5. The molecule has 1 saturated carbocycles. The normalized spacial score (nSPS) is 26.4. The Morgan fingerprint density at radius 1 is 1.32 bits per heavy atom. The van der Waals surface area contributed by atoms with Crippen molar-refractivity contribution in [2.45, 2.75) is 72.3 Å². The van der Waals surface area contributed by atoms with E-state index in [1.807, 2.05) is 19.2 Å². The van der Waals surface area contributed by atoms with Crippen molar-refractivity contribution in [2.24, 2.45) is 17.3 Å². The third kappa shape index (κ3) is 4.77. The molecule has 3 rings (SSSR count). The molecular formula is C25H35ClN2O3. The highest BCUT2D eigenvalue weighted by Crippen LogP contribution is 2.51. The van der Waals surface area contributed by atoms with Gasteiger partial charge in [-0.15, -0.1) is 0 Å². The number of carbonyl (C=O) groups excluding carboxylic acids is 1. The number of hydrogen-bond acceptors (Lipinski definition) is 2. The first-order valence-electron chi connectivity index (χ1n) is 11.2. The lowest BCUT2D eigenvalue weighted by molar-refractivity contribution is -0.137. The van der Waals surface area contributed by atoms with Gasteiger partial charge in [0, 0.05) is 17.8 Å². The van der Waals surface area contributed by atoms with Crippen molar-refractivity contribution < 1.29 is 14.7 Å². The molecule has 2 amide bonds. The summed E-state index contributed by atoms with van der Waals surface area (Å²) >= 11 is 6.75. The van der Waals surface area contributed by atoms with E-state index in [4.69, 9.17) is 16.7 Å². The second-order valence-corrected chi connectivity index (χ2v) is 11.0. The van der Waals surface area contributed by atoms with E-state index < -0.39 is 11.5 Å². The molecule has 1 aliphatic heterocycles. The van der Waals surface area contributed by atoms with Gasteiger partial charge >= 0.3 is 12.0 Å². The number of urea groups is 1. The van der Waals surface area contributed by atoms with Crippen molar-refractivity contribution in [3.8, 4) is 0 Å². The Morgan fingerprint density at radius 2 is 1.97 bits per heavy atom. The van der Waals surface area contributed by atoms with E-state index in [2.05, 4.69) is 52.1 Å². The van der Waals surface area contributed by atoms with Crippen LogP contribution in [0.5, 0.6) is 0 Å². The summed E-state index contributed by atoms with van der Waals surface area (Å²) in [6, 6.07) is 5.90. The number of aliphatic carboxylic acids is 1. The van der Waals surface area contributed by atoms with Crippen LogP contribution in [0.3, 0.4) is 0 Å². The van der Waals surface area contributed by atoms with E-state index in [1.54, 1.807) is 0 Å². The van der Waals surface area contributed by atoms with Crippen LogP contribution >= 0.6 is 11.6 Å². The van der Waals surface area contributed by atoms with Crippen LogP contribution in [-0.4, -0.2) is 28.6 Å². The zero-order valence-corrected chi connectivity index (χ0v) is 20.2. The maximum atomic E-state index is 12.8. The highest BCUT2D eigenvalue weighted by Gasteiger charge is 2.41. The van der Waals surface area contributed by atoms with Crippen molar-refractivity contribution >= 4 is 23.6 Å². The number of carboxylic acids is 1. The molecule has 1 aromatic carbocycles. The van der Waals surface area contributed by atoms with Gasteiger partial charge in [0.1, 0.15) is 0 Å². The molecule has 170 valence electrons. The Kier molecular flexibility index (Phi) is 6.48. The van der Waals surface area contributed by atoms with E-state index >= 15 is 0 Å². The van der Waals surface area contributed by atoms with E-state index in [1.165, 1.54) is 10.5 Å². The largest absolute Gasteiger partial charge is 0.481 e. The van der Waals surface area contributed by atoms with Crippen molar-refractivity contribution in [3.63, 3.8) is 0 Å². The van der Waals surface area contributed by atoms with Gasteiger partial charge in [-0.05, 0) is 65.7 Å².